The second-order valence-electron chi connectivity index (χ2n) is 7.41. The fourth-order valence-corrected chi connectivity index (χ4v) is 5.63. The number of aromatic amines is 1. The Morgan fingerprint density at radius 3 is 3.04 bits per heavy atom. The Morgan fingerprint density at radius 2 is 2.36 bits per heavy atom. The summed E-state index contributed by atoms with van der Waals surface area (Å²) < 4.78 is -0.229. The molecular weight excluding hydrogens is 340 g/mol. The van der Waals surface area contributed by atoms with Crippen LogP contribution in [0.4, 0.5) is 0 Å². The lowest BCUT2D eigenvalue weighted by atomic mass is 9.92. The van der Waals surface area contributed by atoms with Crippen molar-refractivity contribution in [3.63, 3.8) is 0 Å². The molecule has 1 aromatic heterocycles. The summed E-state index contributed by atoms with van der Waals surface area (Å²) in [6.07, 6.45) is 7.99. The first kappa shape index (κ1) is 16.6. The van der Waals surface area contributed by atoms with Gasteiger partial charge >= 0.3 is 0 Å². The van der Waals surface area contributed by atoms with E-state index in [0.717, 1.165) is 19.3 Å². The Kier molecular flexibility index (Phi) is 4.05. The van der Waals surface area contributed by atoms with Crippen molar-refractivity contribution in [1.82, 2.24) is 30.8 Å². The fraction of sp³-hybridized carbons (Fsp3) is 0.688. The number of nitrogens with zero attached hydrogens (tertiary/aromatic N) is 4. The van der Waals surface area contributed by atoms with Crippen LogP contribution in [0.1, 0.15) is 51.4 Å². The zero-order valence-electron chi connectivity index (χ0n) is 14.3. The number of aromatic nitrogens is 4. The third-order valence-corrected chi connectivity index (χ3v) is 6.75. The molecule has 4 atom stereocenters. The first-order valence-electron chi connectivity index (χ1n) is 8.67. The Hall–Kier alpha value is -1.90. The summed E-state index contributed by atoms with van der Waals surface area (Å²) in [5.74, 6) is 0.779. The molecule has 8 nitrogen and oxygen atoms in total. The molecule has 2 aliphatic heterocycles. The van der Waals surface area contributed by atoms with E-state index in [9.17, 15) is 9.59 Å². The number of carbonyl (C=O) groups excluding carboxylic acids is 2. The summed E-state index contributed by atoms with van der Waals surface area (Å²) in [7, 11) is 0. The van der Waals surface area contributed by atoms with E-state index in [1.165, 1.54) is 0 Å². The van der Waals surface area contributed by atoms with E-state index in [0.29, 0.717) is 18.2 Å². The van der Waals surface area contributed by atoms with Gasteiger partial charge in [-0.05, 0) is 49.5 Å². The molecular formula is C16H22N6O2S. The number of nitrogens with one attached hydrogen (secondary N) is 2. The lowest BCUT2D eigenvalue weighted by molar-refractivity contribution is -0.151. The van der Waals surface area contributed by atoms with Gasteiger partial charge < -0.3 is 10.2 Å². The molecule has 3 heterocycles. The molecule has 2 saturated heterocycles. The third kappa shape index (κ3) is 2.84. The van der Waals surface area contributed by atoms with E-state index < -0.39 is 6.04 Å². The monoisotopic (exact) mass is 362 g/mol. The molecule has 1 aromatic rings. The predicted molar refractivity (Wildman–Crippen MR) is 92.3 cm³/mol. The highest BCUT2D eigenvalue weighted by Gasteiger charge is 2.63. The minimum absolute atomic E-state index is 0.0438. The zero-order chi connectivity index (χ0) is 17.6. The number of fused-ring (bicyclic) bond motifs is 1. The average molecular weight is 362 g/mol. The minimum atomic E-state index is -0.453. The lowest BCUT2D eigenvalue weighted by Gasteiger charge is -2.44. The summed E-state index contributed by atoms with van der Waals surface area (Å²) in [6.45, 7) is 4.14. The summed E-state index contributed by atoms with van der Waals surface area (Å²) in [4.78, 5) is 26.8. The van der Waals surface area contributed by atoms with Crippen molar-refractivity contribution in [1.29, 1.82) is 0 Å². The molecule has 134 valence electrons. The fourth-order valence-electron chi connectivity index (χ4n) is 4.00. The molecule has 1 aliphatic carbocycles. The van der Waals surface area contributed by atoms with Crippen molar-refractivity contribution in [3.8, 4) is 0 Å². The van der Waals surface area contributed by atoms with E-state index in [-0.39, 0.29) is 28.0 Å². The standard InChI is InChI=1S/C16H22N6O2S/c1-16(2)12(13-18-20-21-19-13)22-14(24)11(15(22)25-16)17-10(23)8-9-6-4-3-5-7-9/h4,6,9,11-12,15H,3,5,7-8H2,1-2H3,(H,17,23)(H,18,19,20,21)/t9?,11?,12?,15-/m1/s1. The van der Waals surface area contributed by atoms with Gasteiger partial charge in [-0.15, -0.1) is 16.9 Å². The van der Waals surface area contributed by atoms with Crippen LogP contribution < -0.4 is 5.32 Å². The van der Waals surface area contributed by atoms with Gasteiger partial charge in [0.1, 0.15) is 17.5 Å². The van der Waals surface area contributed by atoms with Crippen LogP contribution in [-0.4, -0.2) is 53.5 Å². The van der Waals surface area contributed by atoms with Crippen molar-refractivity contribution in [2.75, 3.05) is 0 Å². The quantitative estimate of drug-likeness (QED) is 0.615. The summed E-state index contributed by atoms with van der Waals surface area (Å²) in [5.41, 5.74) is 0. The van der Waals surface area contributed by atoms with Crippen LogP contribution in [0.15, 0.2) is 12.2 Å². The molecule has 2 N–H and O–H groups in total. The van der Waals surface area contributed by atoms with Gasteiger partial charge in [-0.25, -0.2) is 5.10 Å². The molecule has 0 radical (unpaired) electrons. The van der Waals surface area contributed by atoms with Gasteiger partial charge in [0.15, 0.2) is 5.82 Å². The Bertz CT molecular complexity index is 703. The molecule has 0 bridgehead atoms. The number of allylic oxidation sites excluding steroid dienone is 2. The maximum Gasteiger partial charge on any atom is 0.249 e. The van der Waals surface area contributed by atoms with Crippen LogP contribution in [0.5, 0.6) is 0 Å². The van der Waals surface area contributed by atoms with Crippen LogP contribution in [0, 0.1) is 5.92 Å². The van der Waals surface area contributed by atoms with Crippen molar-refractivity contribution in [3.05, 3.63) is 18.0 Å². The highest BCUT2D eigenvalue weighted by atomic mass is 32.2. The largest absolute Gasteiger partial charge is 0.342 e. The number of amides is 2. The molecule has 3 unspecified atom stereocenters. The van der Waals surface area contributed by atoms with Crippen molar-refractivity contribution < 1.29 is 9.59 Å². The highest BCUT2D eigenvalue weighted by molar-refractivity contribution is 8.01. The number of H-pyrrole nitrogens is 1. The van der Waals surface area contributed by atoms with Crippen LogP contribution in [0.25, 0.3) is 0 Å². The number of tetrazole rings is 1. The Balaban J connectivity index is 1.43. The minimum Gasteiger partial charge on any atom is -0.342 e. The maximum atomic E-state index is 12.7. The van der Waals surface area contributed by atoms with Gasteiger partial charge in [-0.2, -0.15) is 0 Å². The van der Waals surface area contributed by atoms with Crippen LogP contribution >= 0.6 is 11.8 Å². The van der Waals surface area contributed by atoms with Gasteiger partial charge in [0.2, 0.25) is 11.8 Å². The molecule has 2 fully saturated rings. The predicted octanol–water partition coefficient (Wildman–Crippen LogP) is 1.17. The van der Waals surface area contributed by atoms with Crippen molar-refractivity contribution in [2.24, 2.45) is 5.92 Å². The Morgan fingerprint density at radius 1 is 1.52 bits per heavy atom. The number of rotatable bonds is 4. The van der Waals surface area contributed by atoms with Gasteiger partial charge in [0, 0.05) is 11.2 Å². The molecule has 0 saturated carbocycles. The molecule has 2 amide bonds. The summed E-state index contributed by atoms with van der Waals surface area (Å²) >= 11 is 1.68. The number of hydrogen-bond donors (Lipinski definition) is 2. The van der Waals surface area contributed by atoms with Crippen LogP contribution in [0.3, 0.4) is 0 Å². The maximum absolute atomic E-state index is 12.7. The topological polar surface area (TPSA) is 104 Å². The number of hydrogen-bond acceptors (Lipinski definition) is 6. The second-order valence-corrected chi connectivity index (χ2v) is 9.19. The number of thioether (sulfide) groups is 1. The molecule has 0 spiro atoms. The van der Waals surface area contributed by atoms with E-state index in [1.54, 1.807) is 16.7 Å². The van der Waals surface area contributed by atoms with E-state index in [2.05, 4.69) is 51.9 Å². The summed E-state index contributed by atoms with van der Waals surface area (Å²) in [6, 6.07) is -0.662. The number of β-lactam (4-membered cyclic amide) rings is 1. The van der Waals surface area contributed by atoms with Crippen molar-refractivity contribution in [2.45, 2.75) is 61.7 Å². The average Bonchev–Trinajstić information content (AvgIpc) is 3.18. The third-order valence-electron chi connectivity index (χ3n) is 5.18. The van der Waals surface area contributed by atoms with Gasteiger partial charge in [0.05, 0.1) is 0 Å². The van der Waals surface area contributed by atoms with Crippen molar-refractivity contribution >= 4 is 23.6 Å². The van der Waals surface area contributed by atoms with Gasteiger partial charge in [-0.1, -0.05) is 12.2 Å². The zero-order valence-corrected chi connectivity index (χ0v) is 15.1. The van der Waals surface area contributed by atoms with Crippen LogP contribution in [-0.2, 0) is 9.59 Å². The van der Waals surface area contributed by atoms with E-state index in [1.807, 2.05) is 0 Å². The smallest absolute Gasteiger partial charge is 0.249 e. The van der Waals surface area contributed by atoms with Crippen LogP contribution in [0.2, 0.25) is 0 Å². The first-order chi connectivity index (χ1) is 12.0. The molecule has 3 aliphatic rings. The normalized spacial score (nSPS) is 33.0. The van der Waals surface area contributed by atoms with E-state index in [4.69, 9.17) is 0 Å². The first-order valence-corrected chi connectivity index (χ1v) is 9.55. The molecule has 25 heavy (non-hydrogen) atoms. The highest BCUT2D eigenvalue weighted by Crippen LogP contribution is 2.56. The van der Waals surface area contributed by atoms with Gasteiger partial charge in [0.25, 0.3) is 0 Å². The molecule has 9 heteroatoms. The lowest BCUT2D eigenvalue weighted by Crippen LogP contribution is -2.68. The molecule has 4 rings (SSSR count). The Labute approximate surface area is 150 Å². The van der Waals surface area contributed by atoms with E-state index >= 15 is 0 Å². The second kappa shape index (κ2) is 6.12. The number of carbonyl (C=O) groups is 2. The molecule has 0 aromatic carbocycles. The van der Waals surface area contributed by atoms with Gasteiger partial charge in [-0.3, -0.25) is 9.59 Å². The SMILES string of the molecule is CC1(C)S[C@@H]2C(NC(=O)CC3C=CCCC3)C(=O)N2C1c1nnn[nH]1. The summed E-state index contributed by atoms with van der Waals surface area (Å²) in [5, 5.41) is 16.9.